The maximum atomic E-state index is 10.9. The predicted molar refractivity (Wildman–Crippen MR) is 49.0 cm³/mol. The van der Waals surface area contributed by atoms with Crippen LogP contribution in [0.5, 0.6) is 0 Å². The van der Waals surface area contributed by atoms with Crippen LogP contribution in [0.2, 0.25) is 0 Å². The van der Waals surface area contributed by atoms with Crippen LogP contribution in [0.25, 0.3) is 0 Å². The zero-order valence-corrected chi connectivity index (χ0v) is 8.44. The number of nitrogens with one attached hydrogen (secondary N) is 1. The van der Waals surface area contributed by atoms with Gasteiger partial charge >= 0.3 is 5.97 Å². The van der Waals surface area contributed by atoms with Crippen molar-refractivity contribution in [3.05, 3.63) is 0 Å². The summed E-state index contributed by atoms with van der Waals surface area (Å²) in [5.41, 5.74) is 0.0206. The Morgan fingerprint density at radius 3 is 2.42 bits per heavy atom. The summed E-state index contributed by atoms with van der Waals surface area (Å²) in [6.07, 6.45) is 0.992. The summed E-state index contributed by atoms with van der Waals surface area (Å²) in [7, 11) is 0. The molecule has 12 heavy (non-hydrogen) atoms. The molecule has 0 aromatic rings. The van der Waals surface area contributed by atoms with Crippen molar-refractivity contribution in [1.29, 1.82) is 0 Å². The van der Waals surface area contributed by atoms with Gasteiger partial charge in [-0.2, -0.15) is 0 Å². The summed E-state index contributed by atoms with van der Waals surface area (Å²) in [4.78, 5) is 10.9. The van der Waals surface area contributed by atoms with Crippen molar-refractivity contribution >= 4 is 5.97 Å². The van der Waals surface area contributed by atoms with Crippen molar-refractivity contribution in [2.45, 2.75) is 39.7 Å². The van der Waals surface area contributed by atoms with Gasteiger partial charge in [-0.3, -0.25) is 4.79 Å². The van der Waals surface area contributed by atoms with Crippen LogP contribution < -0.4 is 5.32 Å². The first-order chi connectivity index (χ1) is 5.52. The monoisotopic (exact) mass is 173 g/mol. The normalized spacial score (nSPS) is 11.3. The number of esters is 1. The summed E-state index contributed by atoms with van der Waals surface area (Å²) in [5.74, 6) is -0.181. The number of rotatable bonds is 5. The van der Waals surface area contributed by atoms with Gasteiger partial charge in [-0.25, -0.2) is 0 Å². The molecule has 0 aliphatic heterocycles. The molecule has 0 aliphatic carbocycles. The van der Waals surface area contributed by atoms with E-state index in [-0.39, 0.29) is 11.5 Å². The second kappa shape index (κ2) is 5.14. The average Bonchev–Trinajstić information content (AvgIpc) is 2.02. The van der Waals surface area contributed by atoms with Crippen molar-refractivity contribution in [3.63, 3.8) is 0 Å². The third-order valence-electron chi connectivity index (χ3n) is 1.90. The number of carbonyl (C=O) groups is 1. The van der Waals surface area contributed by atoms with Crippen LogP contribution in [0.15, 0.2) is 0 Å². The first-order valence-corrected chi connectivity index (χ1v) is 4.42. The van der Waals surface area contributed by atoms with E-state index in [1.54, 1.807) is 0 Å². The van der Waals surface area contributed by atoms with Crippen LogP contribution in [-0.2, 0) is 9.53 Å². The molecule has 0 spiro atoms. The molecule has 0 saturated carbocycles. The molecule has 72 valence electrons. The highest BCUT2D eigenvalue weighted by Crippen LogP contribution is 2.05. The van der Waals surface area contributed by atoms with Gasteiger partial charge in [0.2, 0.25) is 0 Å². The molecule has 0 rings (SSSR count). The van der Waals surface area contributed by atoms with Crippen molar-refractivity contribution in [3.8, 4) is 0 Å². The lowest BCUT2D eigenvalue weighted by Gasteiger charge is -2.23. The quantitative estimate of drug-likeness (QED) is 0.637. The first kappa shape index (κ1) is 11.4. The van der Waals surface area contributed by atoms with Crippen molar-refractivity contribution < 1.29 is 9.53 Å². The highest BCUT2D eigenvalue weighted by molar-refractivity contribution is 5.71. The summed E-state index contributed by atoms with van der Waals surface area (Å²) < 4.78 is 4.78. The Morgan fingerprint density at radius 1 is 1.42 bits per heavy atom. The fraction of sp³-hybridized carbons (Fsp3) is 0.889. The minimum absolute atomic E-state index is 0.0206. The van der Waals surface area contributed by atoms with Crippen LogP contribution in [0.3, 0.4) is 0 Å². The lowest BCUT2D eigenvalue weighted by molar-refractivity contribution is -0.142. The van der Waals surface area contributed by atoms with Gasteiger partial charge in [0, 0.05) is 5.54 Å². The van der Waals surface area contributed by atoms with Gasteiger partial charge in [-0.1, -0.05) is 6.92 Å². The molecule has 0 unspecified atom stereocenters. The smallest absolute Gasteiger partial charge is 0.319 e. The molecular formula is C9H19NO2. The van der Waals surface area contributed by atoms with E-state index in [2.05, 4.69) is 26.1 Å². The molecule has 0 aromatic carbocycles. The fourth-order valence-corrected chi connectivity index (χ4v) is 0.648. The molecule has 0 heterocycles. The Labute approximate surface area is 74.5 Å². The van der Waals surface area contributed by atoms with Crippen LogP contribution in [0, 0.1) is 0 Å². The van der Waals surface area contributed by atoms with Gasteiger partial charge in [0.25, 0.3) is 0 Å². The second-order valence-electron chi connectivity index (χ2n) is 3.40. The lowest BCUT2D eigenvalue weighted by atomic mass is 10.0. The van der Waals surface area contributed by atoms with Gasteiger partial charge in [0.15, 0.2) is 0 Å². The third kappa shape index (κ3) is 5.13. The molecule has 3 heteroatoms. The highest BCUT2D eigenvalue weighted by Gasteiger charge is 2.15. The standard InChI is InChI=1S/C9H19NO2/c1-5-9(3,4)10-7-8(11)12-6-2/h10H,5-7H2,1-4H3. The Hall–Kier alpha value is -0.570. The van der Waals surface area contributed by atoms with E-state index in [1.807, 2.05) is 6.92 Å². The molecule has 0 radical (unpaired) electrons. The molecule has 3 nitrogen and oxygen atoms in total. The predicted octanol–water partition coefficient (Wildman–Crippen LogP) is 1.33. The summed E-state index contributed by atoms with van der Waals surface area (Å²) in [6, 6.07) is 0. The second-order valence-corrected chi connectivity index (χ2v) is 3.40. The van der Waals surface area contributed by atoms with Gasteiger partial charge < -0.3 is 10.1 Å². The van der Waals surface area contributed by atoms with Crippen LogP contribution in [0.1, 0.15) is 34.1 Å². The third-order valence-corrected chi connectivity index (χ3v) is 1.90. The molecule has 0 bridgehead atoms. The van der Waals surface area contributed by atoms with Crippen LogP contribution >= 0.6 is 0 Å². The van der Waals surface area contributed by atoms with E-state index in [9.17, 15) is 4.79 Å². The van der Waals surface area contributed by atoms with Crippen LogP contribution in [0.4, 0.5) is 0 Å². The van der Waals surface area contributed by atoms with E-state index in [0.717, 1.165) is 6.42 Å². The number of hydrogen-bond acceptors (Lipinski definition) is 3. The fourth-order valence-electron chi connectivity index (χ4n) is 0.648. The van der Waals surface area contributed by atoms with Gasteiger partial charge in [-0.05, 0) is 27.2 Å². The maximum absolute atomic E-state index is 10.9. The number of carbonyl (C=O) groups excluding carboxylic acids is 1. The highest BCUT2D eigenvalue weighted by atomic mass is 16.5. The molecule has 0 aromatic heterocycles. The maximum Gasteiger partial charge on any atom is 0.319 e. The Bertz CT molecular complexity index is 143. The van der Waals surface area contributed by atoms with Crippen molar-refractivity contribution in [2.75, 3.05) is 13.2 Å². The lowest BCUT2D eigenvalue weighted by Crippen LogP contribution is -2.42. The van der Waals surface area contributed by atoms with E-state index < -0.39 is 0 Å². The molecule has 0 amide bonds. The SMILES string of the molecule is CCOC(=O)CNC(C)(C)CC. The van der Waals surface area contributed by atoms with Crippen molar-refractivity contribution in [1.82, 2.24) is 5.32 Å². The molecular weight excluding hydrogens is 154 g/mol. The molecule has 0 saturated heterocycles. The number of hydrogen-bond donors (Lipinski definition) is 1. The topological polar surface area (TPSA) is 38.3 Å². The van der Waals surface area contributed by atoms with Gasteiger partial charge in [-0.15, -0.1) is 0 Å². The first-order valence-electron chi connectivity index (χ1n) is 4.42. The summed E-state index contributed by atoms with van der Waals surface area (Å²) in [6.45, 7) is 8.77. The number of ether oxygens (including phenoxy) is 1. The minimum atomic E-state index is -0.181. The van der Waals surface area contributed by atoms with Gasteiger partial charge in [0.05, 0.1) is 13.2 Å². The molecule has 0 fully saturated rings. The largest absolute Gasteiger partial charge is 0.465 e. The van der Waals surface area contributed by atoms with E-state index in [0.29, 0.717) is 13.2 Å². The van der Waals surface area contributed by atoms with E-state index in [1.165, 1.54) is 0 Å². The zero-order chi connectivity index (χ0) is 9.61. The average molecular weight is 173 g/mol. The molecule has 0 atom stereocenters. The Kier molecular flexibility index (Phi) is 4.90. The van der Waals surface area contributed by atoms with Crippen LogP contribution in [-0.4, -0.2) is 24.7 Å². The Morgan fingerprint density at radius 2 is 2.00 bits per heavy atom. The van der Waals surface area contributed by atoms with E-state index in [4.69, 9.17) is 4.74 Å². The zero-order valence-electron chi connectivity index (χ0n) is 8.44. The Balaban J connectivity index is 3.60. The van der Waals surface area contributed by atoms with E-state index >= 15 is 0 Å². The summed E-state index contributed by atoms with van der Waals surface area (Å²) in [5, 5.41) is 3.12. The molecule has 0 aliphatic rings. The van der Waals surface area contributed by atoms with Gasteiger partial charge in [0.1, 0.15) is 0 Å². The molecule has 1 N–H and O–H groups in total. The minimum Gasteiger partial charge on any atom is -0.465 e. The van der Waals surface area contributed by atoms with Crippen molar-refractivity contribution in [2.24, 2.45) is 0 Å². The summed E-state index contributed by atoms with van der Waals surface area (Å²) >= 11 is 0.